The second-order valence-corrected chi connectivity index (χ2v) is 7.22. The quantitative estimate of drug-likeness (QED) is 0.780. The summed E-state index contributed by atoms with van der Waals surface area (Å²) in [6.07, 6.45) is -0.362. The van der Waals surface area contributed by atoms with Crippen LogP contribution in [0.1, 0.15) is 49.4 Å². The summed E-state index contributed by atoms with van der Waals surface area (Å²) in [5.74, 6) is -0.191. The van der Waals surface area contributed by atoms with Crippen molar-refractivity contribution in [1.82, 2.24) is 14.8 Å². The van der Waals surface area contributed by atoms with Crippen molar-refractivity contribution in [3.8, 4) is 6.07 Å². The minimum absolute atomic E-state index is 0.147. The zero-order valence-electron chi connectivity index (χ0n) is 15.4. The van der Waals surface area contributed by atoms with Gasteiger partial charge >= 0.3 is 6.09 Å². The molecule has 0 saturated carbocycles. The summed E-state index contributed by atoms with van der Waals surface area (Å²) >= 11 is 0. The van der Waals surface area contributed by atoms with E-state index in [0.717, 1.165) is 0 Å². The van der Waals surface area contributed by atoms with Crippen LogP contribution in [0.5, 0.6) is 0 Å². The second-order valence-electron chi connectivity index (χ2n) is 7.22. The molecule has 1 aliphatic heterocycles. The van der Waals surface area contributed by atoms with Gasteiger partial charge in [0.1, 0.15) is 17.4 Å². The van der Waals surface area contributed by atoms with Gasteiger partial charge in [0.25, 0.3) is 5.91 Å². The van der Waals surface area contributed by atoms with E-state index < -0.39 is 5.60 Å². The van der Waals surface area contributed by atoms with Crippen molar-refractivity contribution in [2.45, 2.75) is 46.3 Å². The molecule has 2 heterocycles. The topological polar surface area (TPSA) is 86.5 Å². The first-order valence-electron chi connectivity index (χ1n) is 8.29. The molecule has 0 aromatic carbocycles. The highest BCUT2D eigenvalue weighted by Crippen LogP contribution is 2.17. The summed E-state index contributed by atoms with van der Waals surface area (Å²) in [6, 6.07) is 5.07. The largest absolute Gasteiger partial charge is 0.444 e. The highest BCUT2D eigenvalue weighted by Gasteiger charge is 2.32. The summed E-state index contributed by atoms with van der Waals surface area (Å²) in [6.45, 7) is 10.3. The zero-order valence-corrected chi connectivity index (χ0v) is 15.4. The number of aromatic nitrogens is 1. The van der Waals surface area contributed by atoms with Crippen LogP contribution in [0.3, 0.4) is 0 Å². The van der Waals surface area contributed by atoms with Crippen molar-refractivity contribution in [1.29, 1.82) is 5.26 Å². The van der Waals surface area contributed by atoms with E-state index in [9.17, 15) is 9.59 Å². The molecular weight excluding hydrogens is 320 g/mol. The van der Waals surface area contributed by atoms with Gasteiger partial charge in [0.2, 0.25) is 0 Å². The lowest BCUT2D eigenvalue weighted by atomic mass is 10.1. The lowest BCUT2D eigenvalue weighted by Gasteiger charge is -2.40. The molecule has 0 unspecified atom stereocenters. The Kier molecular flexibility index (Phi) is 5.31. The number of nitriles is 1. The Labute approximate surface area is 148 Å². The molecule has 0 radical (unpaired) electrons. The van der Waals surface area contributed by atoms with Crippen molar-refractivity contribution in [3.05, 3.63) is 29.1 Å². The average Bonchev–Trinajstić information content (AvgIpc) is 2.52. The van der Waals surface area contributed by atoms with Crippen LogP contribution in [0.25, 0.3) is 0 Å². The maximum Gasteiger partial charge on any atom is 0.410 e. The maximum absolute atomic E-state index is 12.7. The standard InChI is InChI=1S/C18H24N4O3/c1-12-11-21(17(24)25-18(3,4)5)8-9-22(12)16(23)15-7-6-14(10-19)13(2)20-15/h6-7,12H,8-9,11H2,1-5H3/t12-/m0/s1. The van der Waals surface area contributed by atoms with E-state index in [4.69, 9.17) is 10.00 Å². The Morgan fingerprint density at radius 1 is 1.32 bits per heavy atom. The predicted molar refractivity (Wildman–Crippen MR) is 92.0 cm³/mol. The molecule has 1 fully saturated rings. The minimum atomic E-state index is -0.544. The molecule has 1 atom stereocenters. The number of ether oxygens (including phenoxy) is 1. The number of carbonyl (C=O) groups excluding carboxylic acids is 2. The summed E-state index contributed by atoms with van der Waals surface area (Å²) < 4.78 is 5.39. The third-order valence-electron chi connectivity index (χ3n) is 3.97. The highest BCUT2D eigenvalue weighted by molar-refractivity contribution is 5.93. The molecule has 0 aliphatic carbocycles. The Morgan fingerprint density at radius 3 is 2.52 bits per heavy atom. The van der Waals surface area contributed by atoms with Gasteiger partial charge in [-0.3, -0.25) is 4.79 Å². The molecule has 1 saturated heterocycles. The Balaban J connectivity index is 2.06. The molecule has 2 rings (SSSR count). The summed E-state index contributed by atoms with van der Waals surface area (Å²) in [5, 5.41) is 8.97. The van der Waals surface area contributed by atoms with Gasteiger partial charge in [-0.25, -0.2) is 9.78 Å². The van der Waals surface area contributed by atoms with E-state index in [1.807, 2.05) is 33.8 Å². The van der Waals surface area contributed by atoms with Crippen molar-refractivity contribution in [3.63, 3.8) is 0 Å². The Morgan fingerprint density at radius 2 is 2.00 bits per heavy atom. The van der Waals surface area contributed by atoms with Crippen molar-refractivity contribution in [2.24, 2.45) is 0 Å². The van der Waals surface area contributed by atoms with Crippen LogP contribution in [-0.2, 0) is 4.74 Å². The molecule has 1 aromatic rings. The molecule has 2 amide bonds. The van der Waals surface area contributed by atoms with Crippen LogP contribution < -0.4 is 0 Å². The third kappa shape index (κ3) is 4.47. The molecule has 0 spiro atoms. The van der Waals surface area contributed by atoms with Crippen LogP contribution in [0.2, 0.25) is 0 Å². The highest BCUT2D eigenvalue weighted by atomic mass is 16.6. The molecule has 0 bridgehead atoms. The van der Waals surface area contributed by atoms with Gasteiger partial charge in [0.15, 0.2) is 0 Å². The average molecular weight is 344 g/mol. The number of nitrogens with zero attached hydrogens (tertiary/aromatic N) is 4. The fourth-order valence-electron chi connectivity index (χ4n) is 2.70. The summed E-state index contributed by atoms with van der Waals surface area (Å²) in [7, 11) is 0. The van der Waals surface area contributed by atoms with Crippen LogP contribution in [-0.4, -0.2) is 58.1 Å². The number of carbonyl (C=O) groups is 2. The number of aryl methyl sites for hydroxylation is 1. The molecule has 0 N–H and O–H groups in total. The fourth-order valence-corrected chi connectivity index (χ4v) is 2.70. The lowest BCUT2D eigenvalue weighted by molar-refractivity contribution is 0.00606. The van der Waals surface area contributed by atoms with Crippen LogP contribution in [0.15, 0.2) is 12.1 Å². The number of amides is 2. The smallest absolute Gasteiger partial charge is 0.410 e. The summed E-state index contributed by atoms with van der Waals surface area (Å²) in [5.41, 5.74) is 0.763. The van der Waals surface area contributed by atoms with E-state index >= 15 is 0 Å². The molecule has 1 aromatic heterocycles. The SMILES string of the molecule is Cc1nc(C(=O)N2CCN(C(=O)OC(C)(C)C)C[C@@H]2C)ccc1C#N. The van der Waals surface area contributed by atoms with E-state index in [1.54, 1.807) is 28.9 Å². The Hall–Kier alpha value is -2.62. The molecule has 7 nitrogen and oxygen atoms in total. The molecule has 7 heteroatoms. The third-order valence-corrected chi connectivity index (χ3v) is 3.97. The van der Waals surface area contributed by atoms with Crippen molar-refractivity contribution >= 4 is 12.0 Å². The van der Waals surface area contributed by atoms with Crippen molar-refractivity contribution < 1.29 is 14.3 Å². The number of hydrogen-bond donors (Lipinski definition) is 0. The number of hydrogen-bond acceptors (Lipinski definition) is 5. The number of piperazine rings is 1. The minimum Gasteiger partial charge on any atom is -0.444 e. The van der Waals surface area contributed by atoms with E-state index in [0.29, 0.717) is 36.6 Å². The predicted octanol–water partition coefficient (Wildman–Crippen LogP) is 2.34. The zero-order chi connectivity index (χ0) is 18.8. The van der Waals surface area contributed by atoms with E-state index in [2.05, 4.69) is 4.98 Å². The molecule has 134 valence electrons. The number of rotatable bonds is 1. The maximum atomic E-state index is 12.7. The lowest BCUT2D eigenvalue weighted by Crippen LogP contribution is -2.56. The van der Waals surface area contributed by atoms with E-state index in [1.165, 1.54) is 0 Å². The van der Waals surface area contributed by atoms with Gasteiger partial charge in [-0.2, -0.15) is 5.26 Å². The van der Waals surface area contributed by atoms with Gasteiger partial charge in [-0.15, -0.1) is 0 Å². The van der Waals surface area contributed by atoms with E-state index in [-0.39, 0.29) is 18.0 Å². The van der Waals surface area contributed by atoms with Gasteiger partial charge in [0.05, 0.1) is 11.3 Å². The van der Waals surface area contributed by atoms with Gasteiger partial charge in [-0.1, -0.05) is 0 Å². The normalized spacial score (nSPS) is 17.8. The summed E-state index contributed by atoms with van der Waals surface area (Å²) in [4.78, 5) is 32.5. The van der Waals surface area contributed by atoms with Gasteiger partial charge in [0, 0.05) is 25.7 Å². The molecular formula is C18H24N4O3. The first-order valence-corrected chi connectivity index (χ1v) is 8.29. The first kappa shape index (κ1) is 18.7. The first-order chi connectivity index (χ1) is 11.6. The monoisotopic (exact) mass is 344 g/mol. The Bertz CT molecular complexity index is 718. The van der Waals surface area contributed by atoms with Crippen LogP contribution >= 0.6 is 0 Å². The number of pyridine rings is 1. The van der Waals surface area contributed by atoms with Crippen LogP contribution in [0.4, 0.5) is 4.79 Å². The molecule has 25 heavy (non-hydrogen) atoms. The fraction of sp³-hybridized carbons (Fsp3) is 0.556. The van der Waals surface area contributed by atoms with Crippen LogP contribution in [0, 0.1) is 18.3 Å². The van der Waals surface area contributed by atoms with Crippen molar-refractivity contribution in [2.75, 3.05) is 19.6 Å². The second kappa shape index (κ2) is 7.09. The van der Waals surface area contributed by atoms with Gasteiger partial charge < -0.3 is 14.5 Å². The molecule has 1 aliphatic rings. The van der Waals surface area contributed by atoms with Gasteiger partial charge in [-0.05, 0) is 46.8 Å².